The molecule has 1 heterocycles. The van der Waals surface area contributed by atoms with Crippen molar-refractivity contribution >= 4 is 0 Å². The number of hydrogen-bond acceptors (Lipinski definition) is 1. The molecule has 0 saturated heterocycles. The lowest BCUT2D eigenvalue weighted by atomic mass is 10.2. The van der Waals surface area contributed by atoms with Crippen LogP contribution in [0.4, 0.5) is 0 Å². The molecular weight excluding hydrogens is 136 g/mol. The van der Waals surface area contributed by atoms with Crippen molar-refractivity contribution in [2.75, 3.05) is 0 Å². The first kappa shape index (κ1) is 6.40. The van der Waals surface area contributed by atoms with E-state index in [-0.39, 0.29) is 0 Å². The maximum Gasteiger partial charge on any atom is 0.0506 e. The Bertz CT molecular complexity index is 258. The number of allylic oxidation sites excluding steroid dienone is 4. The Balaban J connectivity index is 2.01. The van der Waals surface area contributed by atoms with Gasteiger partial charge in [-0.2, -0.15) is 5.10 Å². The molecule has 56 valence electrons. The minimum Gasteiger partial charge on any atom is -0.272 e. The quantitative estimate of drug-likeness (QED) is 0.620. The van der Waals surface area contributed by atoms with Gasteiger partial charge in [-0.25, -0.2) is 0 Å². The van der Waals surface area contributed by atoms with Gasteiger partial charge in [0.2, 0.25) is 0 Å². The largest absolute Gasteiger partial charge is 0.272 e. The van der Waals surface area contributed by atoms with Crippen LogP contribution in [0.15, 0.2) is 42.8 Å². The first-order valence-corrected chi connectivity index (χ1v) is 3.77. The summed E-state index contributed by atoms with van der Waals surface area (Å²) in [6.45, 7) is 0.958. The molecule has 2 rings (SSSR count). The van der Waals surface area contributed by atoms with Crippen LogP contribution < -0.4 is 0 Å². The van der Waals surface area contributed by atoms with Gasteiger partial charge in [0.25, 0.3) is 0 Å². The van der Waals surface area contributed by atoms with E-state index in [1.807, 2.05) is 23.1 Å². The Morgan fingerprint density at radius 3 is 2.73 bits per heavy atom. The van der Waals surface area contributed by atoms with Gasteiger partial charge in [-0.05, 0) is 6.07 Å². The van der Waals surface area contributed by atoms with Crippen LogP contribution in [0.1, 0.15) is 0 Å². The lowest BCUT2D eigenvalue weighted by Gasteiger charge is -2.03. The van der Waals surface area contributed by atoms with Crippen molar-refractivity contribution in [2.45, 2.75) is 6.54 Å². The zero-order valence-corrected chi connectivity index (χ0v) is 6.22. The summed E-state index contributed by atoms with van der Waals surface area (Å²) in [6, 6.07) is 1.95. The Hall–Kier alpha value is -1.31. The minimum atomic E-state index is 0.537. The molecule has 0 aliphatic heterocycles. The predicted molar refractivity (Wildman–Crippen MR) is 44.0 cm³/mol. The van der Waals surface area contributed by atoms with Crippen LogP contribution >= 0.6 is 0 Å². The topological polar surface area (TPSA) is 17.8 Å². The zero-order valence-electron chi connectivity index (χ0n) is 6.22. The van der Waals surface area contributed by atoms with Crippen molar-refractivity contribution in [2.24, 2.45) is 5.92 Å². The fourth-order valence-corrected chi connectivity index (χ4v) is 1.22. The predicted octanol–water partition coefficient (Wildman–Crippen LogP) is 1.63. The fourth-order valence-electron chi connectivity index (χ4n) is 1.22. The van der Waals surface area contributed by atoms with Crippen LogP contribution in [-0.2, 0) is 6.54 Å². The van der Waals surface area contributed by atoms with Gasteiger partial charge in [-0.1, -0.05) is 24.3 Å². The third-order valence-electron chi connectivity index (χ3n) is 1.78. The Labute approximate surface area is 65.8 Å². The first-order valence-electron chi connectivity index (χ1n) is 3.77. The van der Waals surface area contributed by atoms with Crippen LogP contribution in [0, 0.1) is 5.92 Å². The van der Waals surface area contributed by atoms with E-state index in [9.17, 15) is 0 Å². The molecule has 11 heavy (non-hydrogen) atoms. The molecule has 2 heteroatoms. The third-order valence-corrected chi connectivity index (χ3v) is 1.78. The van der Waals surface area contributed by atoms with E-state index in [0.717, 1.165) is 6.54 Å². The van der Waals surface area contributed by atoms with Gasteiger partial charge < -0.3 is 0 Å². The van der Waals surface area contributed by atoms with Gasteiger partial charge in [-0.15, -0.1) is 0 Å². The number of rotatable bonds is 2. The van der Waals surface area contributed by atoms with Crippen molar-refractivity contribution in [3.05, 3.63) is 42.8 Å². The Kier molecular flexibility index (Phi) is 1.60. The molecule has 0 atom stereocenters. The molecule has 1 aliphatic carbocycles. The van der Waals surface area contributed by atoms with Crippen molar-refractivity contribution < 1.29 is 0 Å². The van der Waals surface area contributed by atoms with E-state index < -0.39 is 0 Å². The second-order valence-corrected chi connectivity index (χ2v) is 2.66. The lowest BCUT2D eigenvalue weighted by Crippen LogP contribution is -2.05. The van der Waals surface area contributed by atoms with Crippen LogP contribution in [0.3, 0.4) is 0 Å². The van der Waals surface area contributed by atoms with E-state index in [0.29, 0.717) is 5.92 Å². The van der Waals surface area contributed by atoms with Crippen molar-refractivity contribution in [3.8, 4) is 0 Å². The van der Waals surface area contributed by atoms with Crippen LogP contribution in [0.25, 0.3) is 0 Å². The monoisotopic (exact) mass is 146 g/mol. The van der Waals surface area contributed by atoms with Crippen LogP contribution in [0.2, 0.25) is 0 Å². The molecule has 0 saturated carbocycles. The summed E-state index contributed by atoms with van der Waals surface area (Å²) >= 11 is 0. The highest BCUT2D eigenvalue weighted by Gasteiger charge is 2.03. The maximum atomic E-state index is 4.13. The SMILES string of the molecule is C1=CC(Cn2cccn2)C=C1. The molecule has 0 radical (unpaired) electrons. The minimum absolute atomic E-state index is 0.537. The smallest absolute Gasteiger partial charge is 0.0506 e. The van der Waals surface area contributed by atoms with E-state index in [2.05, 4.69) is 29.4 Å². The maximum absolute atomic E-state index is 4.13. The summed E-state index contributed by atoms with van der Waals surface area (Å²) in [5.41, 5.74) is 0. The highest BCUT2D eigenvalue weighted by Crippen LogP contribution is 2.10. The normalized spacial score (nSPS) is 16.4. The van der Waals surface area contributed by atoms with Gasteiger partial charge in [0, 0.05) is 18.3 Å². The molecule has 0 fully saturated rings. The standard InChI is InChI=1S/C9H10N2/c1-2-5-9(4-1)8-11-7-3-6-10-11/h1-7,9H,8H2. The van der Waals surface area contributed by atoms with Gasteiger partial charge >= 0.3 is 0 Å². The van der Waals surface area contributed by atoms with E-state index in [1.165, 1.54) is 0 Å². The van der Waals surface area contributed by atoms with Gasteiger partial charge in [0.1, 0.15) is 0 Å². The molecule has 0 unspecified atom stereocenters. The third kappa shape index (κ3) is 1.40. The van der Waals surface area contributed by atoms with E-state index >= 15 is 0 Å². The highest BCUT2D eigenvalue weighted by molar-refractivity contribution is 5.17. The van der Waals surface area contributed by atoms with E-state index in [1.54, 1.807) is 0 Å². The highest BCUT2D eigenvalue weighted by atomic mass is 15.3. The van der Waals surface area contributed by atoms with Crippen LogP contribution in [-0.4, -0.2) is 9.78 Å². The average Bonchev–Trinajstić information content (AvgIpc) is 2.60. The van der Waals surface area contributed by atoms with Crippen molar-refractivity contribution in [1.29, 1.82) is 0 Å². The molecule has 0 aromatic carbocycles. The van der Waals surface area contributed by atoms with Crippen molar-refractivity contribution in [1.82, 2.24) is 9.78 Å². The van der Waals surface area contributed by atoms with E-state index in [4.69, 9.17) is 0 Å². The molecular formula is C9H10N2. The van der Waals surface area contributed by atoms with Gasteiger partial charge in [0.05, 0.1) is 6.54 Å². The van der Waals surface area contributed by atoms with Gasteiger partial charge in [-0.3, -0.25) is 4.68 Å². The van der Waals surface area contributed by atoms with Gasteiger partial charge in [0.15, 0.2) is 0 Å². The molecule has 1 aliphatic rings. The number of hydrogen-bond donors (Lipinski definition) is 0. The summed E-state index contributed by atoms with van der Waals surface area (Å²) in [4.78, 5) is 0. The molecule has 1 aromatic heterocycles. The fraction of sp³-hybridized carbons (Fsp3) is 0.222. The summed E-state index contributed by atoms with van der Waals surface area (Å²) < 4.78 is 1.95. The Morgan fingerprint density at radius 1 is 1.27 bits per heavy atom. The molecule has 0 bridgehead atoms. The zero-order chi connectivity index (χ0) is 7.52. The van der Waals surface area contributed by atoms with Crippen LogP contribution in [0.5, 0.6) is 0 Å². The summed E-state index contributed by atoms with van der Waals surface area (Å²) in [7, 11) is 0. The molecule has 0 spiro atoms. The molecule has 0 amide bonds. The summed E-state index contributed by atoms with van der Waals surface area (Å²) in [6.07, 6.45) is 12.3. The molecule has 0 N–H and O–H groups in total. The Morgan fingerprint density at radius 2 is 2.09 bits per heavy atom. The molecule has 2 nitrogen and oxygen atoms in total. The number of aromatic nitrogens is 2. The summed E-state index contributed by atoms with van der Waals surface area (Å²) in [5.74, 6) is 0.537. The average molecular weight is 146 g/mol. The summed E-state index contributed by atoms with van der Waals surface area (Å²) in [5, 5.41) is 4.13. The second-order valence-electron chi connectivity index (χ2n) is 2.66. The lowest BCUT2D eigenvalue weighted by molar-refractivity contribution is 0.557. The molecule has 1 aromatic rings. The number of nitrogens with zero attached hydrogens (tertiary/aromatic N) is 2. The van der Waals surface area contributed by atoms with Crippen molar-refractivity contribution in [3.63, 3.8) is 0 Å². The first-order chi connectivity index (χ1) is 5.45. The second kappa shape index (κ2) is 2.74.